The Morgan fingerprint density at radius 2 is 1.83 bits per heavy atom. The van der Waals surface area contributed by atoms with Crippen LogP contribution >= 0.6 is 7.82 Å². The number of rotatable bonds is 11. The van der Waals surface area contributed by atoms with Crippen LogP contribution in [-0.4, -0.2) is 49.8 Å². The Morgan fingerprint density at radius 3 is 2.40 bits per heavy atom. The van der Waals surface area contributed by atoms with Crippen LogP contribution in [0.3, 0.4) is 0 Å². The average Bonchev–Trinajstić information content (AvgIpc) is 3.10. The van der Waals surface area contributed by atoms with E-state index >= 15 is 0 Å². The average molecular weight is 449 g/mol. The quantitative estimate of drug-likeness (QED) is 0.379. The van der Waals surface area contributed by atoms with Gasteiger partial charge < -0.3 is 33.9 Å². The van der Waals surface area contributed by atoms with Crippen molar-refractivity contribution in [2.24, 2.45) is 23.5 Å². The second-order valence-corrected chi connectivity index (χ2v) is 10.4. The van der Waals surface area contributed by atoms with Crippen molar-refractivity contribution >= 4 is 7.82 Å². The van der Waals surface area contributed by atoms with E-state index in [1.165, 1.54) is 0 Å². The van der Waals surface area contributed by atoms with E-state index in [-0.39, 0.29) is 47.9 Å². The fourth-order valence-corrected chi connectivity index (χ4v) is 5.47. The fraction of sp³-hybridized carbons (Fsp3) is 0.905. The molecule has 1 saturated carbocycles. The monoisotopic (exact) mass is 448 g/mol. The van der Waals surface area contributed by atoms with Gasteiger partial charge >= 0.3 is 7.82 Å². The summed E-state index contributed by atoms with van der Waals surface area (Å²) in [6, 6.07) is 0. The van der Waals surface area contributed by atoms with Crippen LogP contribution in [0.4, 0.5) is 0 Å². The van der Waals surface area contributed by atoms with Crippen molar-refractivity contribution in [2.75, 3.05) is 13.2 Å². The van der Waals surface area contributed by atoms with Gasteiger partial charge in [-0.3, -0.25) is 4.57 Å². The molecule has 176 valence electrons. The van der Waals surface area contributed by atoms with Gasteiger partial charge in [-0.1, -0.05) is 13.5 Å². The third-order valence-electron chi connectivity index (χ3n) is 5.80. The Kier molecular flexibility index (Phi) is 9.37. The highest BCUT2D eigenvalue weighted by Gasteiger charge is 2.44. The Labute approximate surface area is 181 Å². The summed E-state index contributed by atoms with van der Waals surface area (Å²) < 4.78 is 40.8. The summed E-state index contributed by atoms with van der Waals surface area (Å²) in [7, 11) is -4.66. The molecule has 2 rings (SSSR count). The molecule has 2 fully saturated rings. The topological polar surface area (TPSA) is 112 Å². The van der Waals surface area contributed by atoms with Gasteiger partial charge in [0, 0.05) is 12.3 Å². The van der Waals surface area contributed by atoms with Gasteiger partial charge in [-0.05, 0) is 59.4 Å². The Morgan fingerprint density at radius 1 is 1.17 bits per heavy atom. The summed E-state index contributed by atoms with van der Waals surface area (Å²) in [5.74, 6) is 0.220. The van der Waals surface area contributed by atoms with Crippen molar-refractivity contribution in [3.05, 3.63) is 12.3 Å². The lowest BCUT2D eigenvalue weighted by Gasteiger charge is -2.33. The lowest BCUT2D eigenvalue weighted by molar-refractivity contribution is -0.229. The van der Waals surface area contributed by atoms with Crippen LogP contribution in [0.2, 0.25) is 0 Å². The van der Waals surface area contributed by atoms with Crippen molar-refractivity contribution in [3.63, 3.8) is 0 Å². The molecule has 9 heteroatoms. The molecule has 0 amide bonds. The van der Waals surface area contributed by atoms with Gasteiger partial charge in [-0.2, -0.15) is 0 Å². The number of phosphoric acid groups is 1. The van der Waals surface area contributed by atoms with Crippen LogP contribution in [0.25, 0.3) is 0 Å². The SMILES string of the molecule is C=C(OP(=O)([O-])OC1CC(C)C(CN)C1COC(C)C)C1OC(C)CC1OC(C)C. The normalized spacial score (nSPS) is 36.4. The summed E-state index contributed by atoms with van der Waals surface area (Å²) in [6.07, 6.45) is -0.368. The molecular formula is C21H39NO7P-. The lowest BCUT2D eigenvalue weighted by atomic mass is 9.91. The Balaban J connectivity index is 2.03. The van der Waals surface area contributed by atoms with Crippen molar-refractivity contribution < 1.29 is 32.7 Å². The van der Waals surface area contributed by atoms with E-state index in [1.54, 1.807) is 0 Å². The molecule has 0 radical (unpaired) electrons. The summed E-state index contributed by atoms with van der Waals surface area (Å²) in [4.78, 5) is 12.7. The van der Waals surface area contributed by atoms with E-state index in [1.807, 2.05) is 34.6 Å². The molecule has 0 aromatic heterocycles. The second-order valence-electron chi connectivity index (χ2n) is 9.13. The van der Waals surface area contributed by atoms with Gasteiger partial charge in [-0.15, -0.1) is 0 Å². The fourth-order valence-electron chi connectivity index (χ4n) is 4.46. The molecule has 0 aromatic carbocycles. The smallest absolute Gasteiger partial charge is 0.319 e. The first-order valence-electron chi connectivity index (χ1n) is 10.9. The van der Waals surface area contributed by atoms with Crippen molar-refractivity contribution in [1.29, 1.82) is 0 Å². The van der Waals surface area contributed by atoms with E-state index in [4.69, 9.17) is 29.0 Å². The van der Waals surface area contributed by atoms with Crippen molar-refractivity contribution in [1.82, 2.24) is 0 Å². The second kappa shape index (κ2) is 10.9. The highest BCUT2D eigenvalue weighted by atomic mass is 31.2. The molecule has 8 nitrogen and oxygen atoms in total. The zero-order valence-corrected chi connectivity index (χ0v) is 20.0. The van der Waals surface area contributed by atoms with Crippen molar-refractivity contribution in [3.8, 4) is 0 Å². The molecular weight excluding hydrogens is 409 g/mol. The number of hydrogen-bond acceptors (Lipinski definition) is 8. The van der Waals surface area contributed by atoms with Gasteiger partial charge in [-0.25, -0.2) is 0 Å². The van der Waals surface area contributed by atoms with E-state index in [9.17, 15) is 9.46 Å². The van der Waals surface area contributed by atoms with Gasteiger partial charge in [0.15, 0.2) is 0 Å². The number of nitrogens with two attached hydrogens (primary N) is 1. The van der Waals surface area contributed by atoms with E-state index in [2.05, 4.69) is 13.5 Å². The largest absolute Gasteiger partial charge is 0.746 e. The van der Waals surface area contributed by atoms with Crippen LogP contribution in [0.5, 0.6) is 0 Å². The van der Waals surface area contributed by atoms with Gasteiger partial charge in [0.05, 0.1) is 37.1 Å². The Hall–Kier alpha value is -0.470. The molecule has 30 heavy (non-hydrogen) atoms. The molecule has 1 heterocycles. The third kappa shape index (κ3) is 7.02. The minimum atomic E-state index is -4.66. The van der Waals surface area contributed by atoms with E-state index < -0.39 is 20.0 Å². The predicted molar refractivity (Wildman–Crippen MR) is 113 cm³/mol. The minimum Gasteiger partial charge on any atom is -0.746 e. The zero-order valence-electron chi connectivity index (χ0n) is 19.1. The zero-order chi connectivity index (χ0) is 22.6. The molecule has 1 aliphatic carbocycles. The lowest BCUT2D eigenvalue weighted by Crippen LogP contribution is -2.33. The standard InChI is InChI=1S/C21H40NO7P/c1-12(2)25-11-18-17(10-22)14(5)8-19(18)29-30(23,24)28-16(7)21-20(26-13(3)4)9-15(6)27-21/h12-15,17-21H,7-11,22H2,1-6H3,(H,23,24)/p-1. The summed E-state index contributed by atoms with van der Waals surface area (Å²) in [5, 5.41) is 0. The molecule has 2 N–H and O–H groups in total. The van der Waals surface area contributed by atoms with Crippen molar-refractivity contribution in [2.45, 2.75) is 91.0 Å². The molecule has 1 saturated heterocycles. The molecule has 2 aliphatic rings. The molecule has 8 atom stereocenters. The van der Waals surface area contributed by atoms with Crippen LogP contribution in [0.1, 0.15) is 54.4 Å². The molecule has 8 unspecified atom stereocenters. The van der Waals surface area contributed by atoms with E-state index in [0.29, 0.717) is 26.0 Å². The van der Waals surface area contributed by atoms with Crippen LogP contribution in [0, 0.1) is 17.8 Å². The molecule has 1 aliphatic heterocycles. The highest BCUT2D eigenvalue weighted by molar-refractivity contribution is 7.46. The molecule has 0 aromatic rings. The number of phosphoric ester groups is 1. The third-order valence-corrected chi connectivity index (χ3v) is 6.78. The maximum absolute atomic E-state index is 12.7. The van der Waals surface area contributed by atoms with Gasteiger partial charge in [0.2, 0.25) is 0 Å². The summed E-state index contributed by atoms with van der Waals surface area (Å²) >= 11 is 0. The first kappa shape index (κ1) is 25.8. The maximum atomic E-state index is 12.7. The molecule has 0 spiro atoms. The summed E-state index contributed by atoms with van der Waals surface area (Å²) in [5.41, 5.74) is 5.94. The van der Waals surface area contributed by atoms with Crippen LogP contribution in [0.15, 0.2) is 12.3 Å². The van der Waals surface area contributed by atoms with Crippen LogP contribution in [-0.2, 0) is 27.8 Å². The van der Waals surface area contributed by atoms with Gasteiger partial charge in [0.1, 0.15) is 11.9 Å². The number of hydrogen-bond donors (Lipinski definition) is 1. The minimum absolute atomic E-state index is 0.0141. The summed E-state index contributed by atoms with van der Waals surface area (Å²) in [6.45, 7) is 16.3. The van der Waals surface area contributed by atoms with Crippen LogP contribution < -0.4 is 10.6 Å². The highest BCUT2D eigenvalue weighted by Crippen LogP contribution is 2.50. The Bertz CT molecular complexity index is 614. The van der Waals surface area contributed by atoms with Gasteiger partial charge in [0.25, 0.3) is 0 Å². The van der Waals surface area contributed by atoms with E-state index in [0.717, 1.165) is 0 Å². The predicted octanol–water partition coefficient (Wildman–Crippen LogP) is 3.00. The first-order chi connectivity index (χ1) is 13.9. The number of ether oxygens (including phenoxy) is 3. The maximum Gasteiger partial charge on any atom is 0.319 e. The molecule has 0 bridgehead atoms. The first-order valence-corrected chi connectivity index (χ1v) is 12.4.